The Kier molecular flexibility index (Phi) is 4.84. The van der Waals surface area contributed by atoms with Crippen molar-refractivity contribution in [2.75, 3.05) is 26.3 Å². The lowest BCUT2D eigenvalue weighted by Gasteiger charge is -2.37. The molecule has 0 N–H and O–H groups in total. The van der Waals surface area contributed by atoms with Crippen molar-refractivity contribution in [2.24, 2.45) is 0 Å². The van der Waals surface area contributed by atoms with Crippen LogP contribution in [0.5, 0.6) is 0 Å². The summed E-state index contributed by atoms with van der Waals surface area (Å²) < 4.78 is 13.3. The van der Waals surface area contributed by atoms with E-state index >= 15 is 0 Å². The van der Waals surface area contributed by atoms with Crippen LogP contribution in [0.1, 0.15) is 29.0 Å². The van der Waals surface area contributed by atoms with E-state index in [9.17, 15) is 4.79 Å². The number of benzene rings is 2. The van der Waals surface area contributed by atoms with Crippen LogP contribution >= 0.6 is 0 Å². The number of hydrogen-bond donors (Lipinski definition) is 0. The van der Waals surface area contributed by atoms with Crippen LogP contribution in [0.3, 0.4) is 0 Å². The summed E-state index contributed by atoms with van der Waals surface area (Å²) >= 11 is 0. The topological polar surface area (TPSA) is 69.5 Å². The van der Waals surface area contributed by atoms with Gasteiger partial charge in [-0.3, -0.25) is 4.79 Å². The number of ether oxygens (including phenoxy) is 2. The summed E-state index contributed by atoms with van der Waals surface area (Å²) in [6.07, 6.45) is 1.34. The van der Waals surface area contributed by atoms with Gasteiger partial charge >= 0.3 is 0 Å². The molecule has 7 heteroatoms. The highest BCUT2D eigenvalue weighted by Gasteiger charge is 2.41. The first-order chi connectivity index (χ1) is 14.6. The lowest BCUT2D eigenvalue weighted by Crippen LogP contribution is -2.47. The van der Waals surface area contributed by atoms with Crippen LogP contribution < -0.4 is 0 Å². The number of amides is 1. The summed E-state index contributed by atoms with van der Waals surface area (Å²) in [6.45, 7) is 4.41. The molecule has 1 amide bonds. The van der Waals surface area contributed by atoms with E-state index in [0.717, 1.165) is 16.8 Å². The van der Waals surface area contributed by atoms with Gasteiger partial charge in [-0.2, -0.15) is 0 Å². The van der Waals surface area contributed by atoms with Crippen LogP contribution in [0, 0.1) is 6.92 Å². The lowest BCUT2D eigenvalue weighted by atomic mass is 10.0. The highest BCUT2D eigenvalue weighted by atomic mass is 16.7. The number of piperidine rings is 1. The minimum atomic E-state index is -0.514. The molecule has 0 unspecified atom stereocenters. The highest BCUT2D eigenvalue weighted by molar-refractivity contribution is 5.91. The van der Waals surface area contributed by atoms with Gasteiger partial charge in [0.2, 0.25) is 5.82 Å². The van der Waals surface area contributed by atoms with Gasteiger partial charge < -0.3 is 14.4 Å². The van der Waals surface area contributed by atoms with E-state index in [-0.39, 0.29) is 11.7 Å². The van der Waals surface area contributed by atoms with E-state index in [1.807, 2.05) is 61.5 Å². The van der Waals surface area contributed by atoms with Crippen LogP contribution in [0.2, 0.25) is 0 Å². The van der Waals surface area contributed by atoms with Gasteiger partial charge in [-0.15, -0.1) is 5.10 Å². The zero-order valence-electron chi connectivity index (χ0n) is 17.0. The van der Waals surface area contributed by atoms with Gasteiger partial charge in [0.15, 0.2) is 11.6 Å². The minimum absolute atomic E-state index is 0.161. The summed E-state index contributed by atoms with van der Waals surface area (Å²) in [5.41, 5.74) is 2.91. The van der Waals surface area contributed by atoms with Crippen molar-refractivity contribution in [2.45, 2.75) is 25.6 Å². The first-order valence-corrected chi connectivity index (χ1v) is 10.3. The van der Waals surface area contributed by atoms with Gasteiger partial charge in [0.1, 0.15) is 0 Å². The molecule has 0 atom stereocenters. The Balaban J connectivity index is 1.46. The summed E-state index contributed by atoms with van der Waals surface area (Å²) in [6, 6.07) is 17.8. The van der Waals surface area contributed by atoms with E-state index in [4.69, 9.17) is 9.47 Å². The third kappa shape index (κ3) is 3.51. The van der Waals surface area contributed by atoms with Gasteiger partial charge in [0.25, 0.3) is 5.91 Å². The highest BCUT2D eigenvalue weighted by Crippen LogP contribution is 2.32. The molecule has 0 saturated carbocycles. The molecule has 0 aliphatic carbocycles. The molecule has 0 bridgehead atoms. The monoisotopic (exact) mass is 404 g/mol. The maximum absolute atomic E-state index is 13.2. The predicted octanol–water partition coefficient (Wildman–Crippen LogP) is 3.22. The second-order valence-electron chi connectivity index (χ2n) is 7.78. The molecular weight excluding hydrogens is 380 g/mol. The quantitative estimate of drug-likeness (QED) is 0.670. The molecule has 2 saturated heterocycles. The number of carbonyl (C=O) groups is 1. The average molecular weight is 404 g/mol. The Morgan fingerprint density at radius 1 is 1.00 bits per heavy atom. The van der Waals surface area contributed by atoms with Crippen LogP contribution in [-0.2, 0) is 9.47 Å². The number of carbonyl (C=O) groups excluding carboxylic acids is 1. The molecule has 3 aromatic rings. The molecule has 154 valence electrons. The predicted molar refractivity (Wildman–Crippen MR) is 111 cm³/mol. The zero-order valence-corrected chi connectivity index (χ0v) is 17.0. The smallest absolute Gasteiger partial charge is 0.293 e. The van der Waals surface area contributed by atoms with Crippen LogP contribution in [0.15, 0.2) is 54.6 Å². The number of aryl methyl sites for hydroxylation is 1. The van der Waals surface area contributed by atoms with Crippen molar-refractivity contribution in [1.82, 2.24) is 19.7 Å². The van der Waals surface area contributed by atoms with Gasteiger partial charge in [0.05, 0.1) is 18.9 Å². The standard InChI is InChI=1S/C23H24N4O3/c1-17-6-5-9-19(16-17)27-21(18-7-3-2-4-8-18)24-20(25-27)22(28)26-12-10-23(11-13-26)29-14-15-30-23/h2-9,16H,10-15H2,1H3. The molecule has 0 radical (unpaired) electrons. The number of rotatable bonds is 3. The Bertz CT molecular complexity index is 1050. The molecule has 30 heavy (non-hydrogen) atoms. The largest absolute Gasteiger partial charge is 0.347 e. The minimum Gasteiger partial charge on any atom is -0.347 e. The van der Waals surface area contributed by atoms with Crippen molar-refractivity contribution in [3.8, 4) is 17.1 Å². The van der Waals surface area contributed by atoms with E-state index in [0.29, 0.717) is 45.0 Å². The van der Waals surface area contributed by atoms with Gasteiger partial charge in [-0.25, -0.2) is 9.67 Å². The van der Waals surface area contributed by atoms with Crippen LogP contribution in [0.25, 0.3) is 17.1 Å². The summed E-state index contributed by atoms with van der Waals surface area (Å²) in [7, 11) is 0. The third-order valence-electron chi connectivity index (χ3n) is 5.70. The number of nitrogens with zero attached hydrogens (tertiary/aromatic N) is 4. The second-order valence-corrected chi connectivity index (χ2v) is 7.78. The Morgan fingerprint density at radius 2 is 1.73 bits per heavy atom. The number of likely N-dealkylation sites (tertiary alicyclic amines) is 1. The van der Waals surface area contributed by atoms with Crippen molar-refractivity contribution < 1.29 is 14.3 Å². The van der Waals surface area contributed by atoms with Gasteiger partial charge in [0, 0.05) is 31.5 Å². The second kappa shape index (κ2) is 7.66. The van der Waals surface area contributed by atoms with E-state index in [1.54, 1.807) is 9.58 Å². The molecule has 2 aliphatic rings. The molecular formula is C23H24N4O3. The zero-order chi connectivity index (χ0) is 20.6. The molecule has 1 aromatic heterocycles. The summed E-state index contributed by atoms with van der Waals surface area (Å²) in [5.74, 6) is 0.187. The SMILES string of the molecule is Cc1cccc(-n2nc(C(=O)N3CCC4(CC3)OCCO4)nc2-c2ccccc2)c1. The molecule has 5 rings (SSSR count). The van der Waals surface area contributed by atoms with Crippen LogP contribution in [-0.4, -0.2) is 57.7 Å². The fourth-order valence-electron chi connectivity index (χ4n) is 4.09. The van der Waals surface area contributed by atoms with Gasteiger partial charge in [-0.05, 0) is 24.6 Å². The summed E-state index contributed by atoms with van der Waals surface area (Å²) in [5, 5.41) is 4.61. The van der Waals surface area contributed by atoms with E-state index in [2.05, 4.69) is 10.1 Å². The molecule has 2 aliphatic heterocycles. The fourth-order valence-corrected chi connectivity index (χ4v) is 4.09. The fraction of sp³-hybridized carbons (Fsp3) is 0.348. The first kappa shape index (κ1) is 19.0. The molecule has 2 fully saturated rings. The average Bonchev–Trinajstić information content (AvgIpc) is 3.42. The van der Waals surface area contributed by atoms with Crippen molar-refractivity contribution >= 4 is 5.91 Å². The van der Waals surface area contributed by atoms with Gasteiger partial charge in [-0.1, -0.05) is 42.5 Å². The van der Waals surface area contributed by atoms with E-state index < -0.39 is 5.79 Å². The maximum atomic E-state index is 13.2. The molecule has 2 aromatic carbocycles. The normalized spacial score (nSPS) is 18.1. The third-order valence-corrected chi connectivity index (χ3v) is 5.70. The molecule has 3 heterocycles. The Morgan fingerprint density at radius 3 is 2.43 bits per heavy atom. The van der Waals surface area contributed by atoms with Crippen LogP contribution in [0.4, 0.5) is 0 Å². The number of aromatic nitrogens is 3. The first-order valence-electron chi connectivity index (χ1n) is 10.3. The summed E-state index contributed by atoms with van der Waals surface area (Å²) in [4.78, 5) is 19.6. The number of hydrogen-bond acceptors (Lipinski definition) is 5. The lowest BCUT2D eigenvalue weighted by molar-refractivity contribution is -0.181. The van der Waals surface area contributed by atoms with E-state index in [1.165, 1.54) is 0 Å². The Hall–Kier alpha value is -3.03. The molecule has 1 spiro atoms. The molecule has 7 nitrogen and oxygen atoms in total. The Labute approximate surface area is 175 Å². The maximum Gasteiger partial charge on any atom is 0.293 e. The van der Waals surface area contributed by atoms with Crippen molar-refractivity contribution in [1.29, 1.82) is 0 Å². The van der Waals surface area contributed by atoms with Crippen molar-refractivity contribution in [3.05, 3.63) is 66.0 Å². The van der Waals surface area contributed by atoms with Crippen molar-refractivity contribution in [3.63, 3.8) is 0 Å².